The summed E-state index contributed by atoms with van der Waals surface area (Å²) in [5, 5.41) is 40.0. The van der Waals surface area contributed by atoms with E-state index in [-0.39, 0.29) is 19.2 Å². The van der Waals surface area contributed by atoms with Gasteiger partial charge >= 0.3 is 5.97 Å². The van der Waals surface area contributed by atoms with Gasteiger partial charge in [-0.05, 0) is 44.9 Å². The number of hydrogen-bond acceptors (Lipinski definition) is 9. The van der Waals surface area contributed by atoms with E-state index in [1.165, 1.54) is 96.3 Å². The topological polar surface area (TPSA) is 135 Å². The number of allylic oxidation sites excluding steroid dienone is 6. The lowest BCUT2D eigenvalue weighted by atomic mass is 9.99. The molecule has 0 aliphatic carbocycles. The Kier molecular flexibility index (Phi) is 33.6. The van der Waals surface area contributed by atoms with Crippen molar-refractivity contribution in [1.29, 1.82) is 0 Å². The summed E-state index contributed by atoms with van der Waals surface area (Å²) in [6, 6.07) is 0. The normalized spacial score (nSPS) is 21.4. The van der Waals surface area contributed by atoms with E-state index in [1.54, 1.807) is 0 Å². The van der Waals surface area contributed by atoms with Crippen molar-refractivity contribution in [3.05, 3.63) is 36.5 Å². The highest BCUT2D eigenvalue weighted by atomic mass is 16.7. The summed E-state index contributed by atoms with van der Waals surface area (Å²) in [5.41, 5.74) is 0. The Balaban J connectivity index is 2.27. The van der Waals surface area contributed by atoms with Gasteiger partial charge in [0, 0.05) is 13.0 Å². The van der Waals surface area contributed by atoms with E-state index < -0.39 is 43.4 Å². The first-order valence-electron chi connectivity index (χ1n) is 21.6. The lowest BCUT2D eigenvalue weighted by Crippen LogP contribution is -2.59. The van der Waals surface area contributed by atoms with Crippen LogP contribution in [0.2, 0.25) is 0 Å². The Morgan fingerprint density at radius 2 is 1.15 bits per heavy atom. The molecule has 4 N–H and O–H groups in total. The van der Waals surface area contributed by atoms with Gasteiger partial charge in [0.05, 0.1) is 19.8 Å². The van der Waals surface area contributed by atoms with Crippen LogP contribution in [0.25, 0.3) is 0 Å². The highest BCUT2D eigenvalue weighted by Crippen LogP contribution is 2.22. The van der Waals surface area contributed by atoms with Crippen LogP contribution in [0.4, 0.5) is 0 Å². The van der Waals surface area contributed by atoms with Crippen molar-refractivity contribution in [2.24, 2.45) is 0 Å². The van der Waals surface area contributed by atoms with Crippen LogP contribution >= 0.6 is 0 Å². The second-order valence-corrected chi connectivity index (χ2v) is 14.8. The molecule has 0 amide bonds. The van der Waals surface area contributed by atoms with E-state index in [4.69, 9.17) is 18.9 Å². The van der Waals surface area contributed by atoms with Crippen LogP contribution in [0.15, 0.2) is 36.5 Å². The zero-order valence-corrected chi connectivity index (χ0v) is 33.8. The highest BCUT2D eigenvalue weighted by molar-refractivity contribution is 5.69. The molecule has 310 valence electrons. The van der Waals surface area contributed by atoms with Crippen LogP contribution in [0.1, 0.15) is 174 Å². The van der Waals surface area contributed by atoms with Crippen LogP contribution in [-0.2, 0) is 23.7 Å². The SMILES string of the molecule is CC/C=C\C/C=C\C/C=C\CCCCCCCCCCOCC(COC1OC(CO)C(O)C(O)C1O)OC(=O)CCCCCCCCCCCCCC. The summed E-state index contributed by atoms with van der Waals surface area (Å²) in [6.45, 7) is 4.43. The number of carbonyl (C=O) groups is 1. The van der Waals surface area contributed by atoms with Gasteiger partial charge in [0.25, 0.3) is 0 Å². The van der Waals surface area contributed by atoms with E-state index in [9.17, 15) is 25.2 Å². The number of esters is 1. The third kappa shape index (κ3) is 27.6. The van der Waals surface area contributed by atoms with E-state index in [0.29, 0.717) is 13.0 Å². The van der Waals surface area contributed by atoms with Gasteiger partial charge in [-0.2, -0.15) is 0 Å². The maximum atomic E-state index is 12.7. The number of aliphatic hydroxyl groups is 4. The van der Waals surface area contributed by atoms with Gasteiger partial charge in [-0.15, -0.1) is 0 Å². The van der Waals surface area contributed by atoms with Gasteiger partial charge in [-0.25, -0.2) is 0 Å². The Labute approximate surface area is 323 Å². The first-order valence-corrected chi connectivity index (χ1v) is 21.6. The molecule has 53 heavy (non-hydrogen) atoms. The maximum absolute atomic E-state index is 12.7. The molecule has 1 rings (SSSR count). The zero-order valence-electron chi connectivity index (χ0n) is 33.8. The van der Waals surface area contributed by atoms with Crippen molar-refractivity contribution in [2.45, 2.75) is 211 Å². The summed E-state index contributed by atoms with van der Waals surface area (Å²) in [6.07, 6.45) is 34.5. The Hall–Kier alpha value is -1.59. The summed E-state index contributed by atoms with van der Waals surface area (Å²) in [4.78, 5) is 12.7. The molecule has 0 aromatic carbocycles. The second kappa shape index (κ2) is 36.1. The molecule has 9 heteroatoms. The smallest absolute Gasteiger partial charge is 0.306 e. The van der Waals surface area contributed by atoms with Gasteiger partial charge in [-0.1, -0.05) is 159 Å². The number of unbranched alkanes of at least 4 members (excludes halogenated alkanes) is 19. The monoisotopic (exact) mass is 753 g/mol. The molecular weight excluding hydrogens is 672 g/mol. The maximum Gasteiger partial charge on any atom is 0.306 e. The lowest BCUT2D eigenvalue weighted by molar-refractivity contribution is -0.305. The first kappa shape index (κ1) is 49.4. The summed E-state index contributed by atoms with van der Waals surface area (Å²) < 4.78 is 22.8. The second-order valence-electron chi connectivity index (χ2n) is 14.8. The van der Waals surface area contributed by atoms with Crippen LogP contribution in [-0.4, -0.2) is 89.6 Å². The third-order valence-electron chi connectivity index (χ3n) is 9.82. The number of carbonyl (C=O) groups excluding carboxylic acids is 1. The van der Waals surface area contributed by atoms with E-state index in [2.05, 4.69) is 50.3 Å². The number of aliphatic hydroxyl groups excluding tert-OH is 4. The minimum absolute atomic E-state index is 0.114. The minimum Gasteiger partial charge on any atom is -0.457 e. The molecule has 9 nitrogen and oxygen atoms in total. The summed E-state index contributed by atoms with van der Waals surface area (Å²) >= 11 is 0. The van der Waals surface area contributed by atoms with Gasteiger partial charge in [0.2, 0.25) is 0 Å². The van der Waals surface area contributed by atoms with Gasteiger partial charge in [0.15, 0.2) is 6.29 Å². The van der Waals surface area contributed by atoms with Crippen molar-refractivity contribution < 1.29 is 44.2 Å². The largest absolute Gasteiger partial charge is 0.457 e. The molecule has 6 atom stereocenters. The van der Waals surface area contributed by atoms with Crippen LogP contribution in [0, 0.1) is 0 Å². The van der Waals surface area contributed by atoms with Crippen molar-refractivity contribution in [3.8, 4) is 0 Å². The van der Waals surface area contributed by atoms with Crippen LogP contribution in [0.3, 0.4) is 0 Å². The van der Waals surface area contributed by atoms with Gasteiger partial charge in [-0.3, -0.25) is 4.79 Å². The minimum atomic E-state index is -1.54. The summed E-state index contributed by atoms with van der Waals surface area (Å²) in [7, 11) is 0. The standard InChI is InChI=1S/C44H80O9/c1-3-5-7-9-11-13-15-17-18-19-20-21-22-24-26-28-30-32-34-50-36-38(37-51-44-43(49)42(48)41(47)39(35-45)53-44)52-40(46)33-31-29-27-25-23-16-14-12-10-8-6-4-2/h5,7,11,13,17-18,38-39,41-45,47-49H,3-4,6,8-10,12,14-16,19-37H2,1-2H3/b7-5-,13-11-,18-17-. The number of rotatable bonds is 36. The third-order valence-corrected chi connectivity index (χ3v) is 9.82. The van der Waals surface area contributed by atoms with Crippen molar-refractivity contribution in [1.82, 2.24) is 0 Å². The zero-order chi connectivity index (χ0) is 38.6. The molecule has 0 saturated carbocycles. The average molecular weight is 753 g/mol. The molecule has 6 unspecified atom stereocenters. The lowest BCUT2D eigenvalue weighted by Gasteiger charge is -2.39. The molecule has 1 saturated heterocycles. The summed E-state index contributed by atoms with van der Waals surface area (Å²) in [5.74, 6) is -0.317. The predicted octanol–water partition coefficient (Wildman–Crippen LogP) is 9.19. The molecule has 0 bridgehead atoms. The van der Waals surface area contributed by atoms with Crippen molar-refractivity contribution >= 4 is 5.97 Å². The Morgan fingerprint density at radius 1 is 0.623 bits per heavy atom. The molecule has 0 aromatic rings. The molecule has 1 heterocycles. The molecule has 1 aliphatic heterocycles. The molecule has 1 fully saturated rings. The quantitative estimate of drug-likeness (QED) is 0.0281. The van der Waals surface area contributed by atoms with Crippen LogP contribution < -0.4 is 0 Å². The van der Waals surface area contributed by atoms with E-state index >= 15 is 0 Å². The molecular formula is C44H80O9. The van der Waals surface area contributed by atoms with Gasteiger partial charge < -0.3 is 39.4 Å². The molecule has 1 aliphatic rings. The highest BCUT2D eigenvalue weighted by Gasteiger charge is 2.44. The molecule has 0 aromatic heterocycles. The van der Waals surface area contributed by atoms with E-state index in [1.807, 2.05) is 0 Å². The van der Waals surface area contributed by atoms with Crippen LogP contribution in [0.5, 0.6) is 0 Å². The fraction of sp³-hybridized carbons (Fsp3) is 0.841. The molecule has 0 radical (unpaired) electrons. The molecule has 0 spiro atoms. The Bertz CT molecular complexity index is 905. The number of ether oxygens (including phenoxy) is 4. The first-order chi connectivity index (χ1) is 25.9. The Morgan fingerprint density at radius 3 is 1.74 bits per heavy atom. The fourth-order valence-electron chi connectivity index (χ4n) is 6.45. The van der Waals surface area contributed by atoms with Crippen molar-refractivity contribution in [2.75, 3.05) is 26.4 Å². The number of hydrogen-bond donors (Lipinski definition) is 4. The fourth-order valence-corrected chi connectivity index (χ4v) is 6.45. The van der Waals surface area contributed by atoms with E-state index in [0.717, 1.165) is 57.8 Å². The average Bonchev–Trinajstić information content (AvgIpc) is 3.16. The van der Waals surface area contributed by atoms with Crippen molar-refractivity contribution in [3.63, 3.8) is 0 Å². The predicted molar refractivity (Wildman–Crippen MR) is 215 cm³/mol. The van der Waals surface area contributed by atoms with Gasteiger partial charge in [0.1, 0.15) is 30.5 Å².